The van der Waals surface area contributed by atoms with Crippen LogP contribution in [0.4, 0.5) is 0 Å². The summed E-state index contributed by atoms with van der Waals surface area (Å²) >= 11 is 0. The largest absolute Gasteiger partial charge is 0.296 e. The van der Waals surface area contributed by atoms with Crippen LogP contribution in [0.3, 0.4) is 0 Å². The second-order valence-corrected chi connectivity index (χ2v) is 3.30. The van der Waals surface area contributed by atoms with Gasteiger partial charge in [-0.25, -0.2) is 4.68 Å². The van der Waals surface area contributed by atoms with E-state index in [9.17, 15) is 4.79 Å². The topological polar surface area (TPSA) is 51.0 Å². The van der Waals surface area contributed by atoms with Gasteiger partial charge in [0.15, 0.2) is 5.78 Å². The fourth-order valence-corrected chi connectivity index (χ4v) is 1.37. The summed E-state index contributed by atoms with van der Waals surface area (Å²) in [6, 6.07) is 0. The molecule has 0 aliphatic carbocycles. The maximum Gasteiger partial charge on any atom is 0.196 e. The molecule has 1 saturated heterocycles. The van der Waals surface area contributed by atoms with Gasteiger partial charge in [0.2, 0.25) is 0 Å². The smallest absolute Gasteiger partial charge is 0.196 e. The first-order chi connectivity index (χ1) is 6.27. The number of carbonyl (C=O) groups is 1. The molecule has 5 nitrogen and oxygen atoms in total. The van der Waals surface area contributed by atoms with Crippen molar-refractivity contribution in [2.75, 3.05) is 19.6 Å². The fourth-order valence-electron chi connectivity index (χ4n) is 1.37. The second-order valence-electron chi connectivity index (χ2n) is 3.30. The number of aromatic nitrogens is 3. The maximum atomic E-state index is 11.6. The van der Waals surface area contributed by atoms with Crippen molar-refractivity contribution in [3.63, 3.8) is 0 Å². The number of aryl methyl sites for hydroxylation is 1. The number of hydrogen-bond donors (Lipinski definition) is 0. The highest BCUT2D eigenvalue weighted by Gasteiger charge is 2.19. The average Bonchev–Trinajstić information content (AvgIpc) is 2.43. The molecule has 5 heteroatoms. The van der Waals surface area contributed by atoms with Gasteiger partial charge in [-0.3, -0.25) is 9.69 Å². The third kappa shape index (κ3) is 1.60. The predicted octanol–water partition coefficient (Wildman–Crippen LogP) is -0.296. The molecule has 0 bridgehead atoms. The molecule has 2 rings (SSSR count). The van der Waals surface area contributed by atoms with Gasteiger partial charge in [0.05, 0.1) is 12.7 Å². The molecule has 0 N–H and O–H groups in total. The van der Waals surface area contributed by atoms with Crippen LogP contribution in [-0.4, -0.2) is 45.3 Å². The van der Waals surface area contributed by atoms with Crippen molar-refractivity contribution < 1.29 is 4.79 Å². The Hall–Kier alpha value is -1.23. The molecule has 0 aromatic carbocycles. The number of nitrogens with zero attached hydrogens (tertiary/aromatic N) is 4. The van der Waals surface area contributed by atoms with Gasteiger partial charge in [0, 0.05) is 7.05 Å². The van der Waals surface area contributed by atoms with Gasteiger partial charge >= 0.3 is 0 Å². The summed E-state index contributed by atoms with van der Waals surface area (Å²) in [6.45, 7) is 2.58. The van der Waals surface area contributed by atoms with E-state index < -0.39 is 0 Å². The van der Waals surface area contributed by atoms with E-state index in [1.54, 1.807) is 7.05 Å². The molecule has 0 radical (unpaired) electrons. The number of hydrogen-bond acceptors (Lipinski definition) is 4. The Balaban J connectivity index is 2.00. The molecule has 1 aliphatic rings. The van der Waals surface area contributed by atoms with Gasteiger partial charge in [-0.1, -0.05) is 5.21 Å². The number of ketones is 1. The van der Waals surface area contributed by atoms with Gasteiger partial charge in [-0.15, -0.1) is 5.10 Å². The molecular formula is C8H12N4O. The molecule has 2 heterocycles. The predicted molar refractivity (Wildman–Crippen MR) is 46.4 cm³/mol. The van der Waals surface area contributed by atoms with Crippen LogP contribution in [0.1, 0.15) is 16.9 Å². The Morgan fingerprint density at radius 1 is 1.62 bits per heavy atom. The Morgan fingerprint density at radius 3 is 2.85 bits per heavy atom. The van der Waals surface area contributed by atoms with Crippen LogP contribution in [0, 0.1) is 0 Å². The van der Waals surface area contributed by atoms with Crippen molar-refractivity contribution in [1.29, 1.82) is 0 Å². The second kappa shape index (κ2) is 3.26. The number of Topliss-reactive ketones (excluding diaryl/α,β-unsaturated/α-hetero) is 1. The van der Waals surface area contributed by atoms with E-state index in [2.05, 4.69) is 15.2 Å². The average molecular weight is 180 g/mol. The third-order valence-corrected chi connectivity index (χ3v) is 2.32. The molecule has 0 saturated carbocycles. The summed E-state index contributed by atoms with van der Waals surface area (Å²) in [7, 11) is 1.73. The SMILES string of the molecule is Cn1nncc1C(=O)CN1CCC1. The van der Waals surface area contributed by atoms with Gasteiger partial charge in [0.1, 0.15) is 5.69 Å². The summed E-state index contributed by atoms with van der Waals surface area (Å²) in [5.41, 5.74) is 0.590. The summed E-state index contributed by atoms with van der Waals surface area (Å²) in [5.74, 6) is 0.104. The zero-order valence-corrected chi connectivity index (χ0v) is 7.60. The van der Waals surface area contributed by atoms with Gasteiger partial charge in [0.25, 0.3) is 0 Å². The third-order valence-electron chi connectivity index (χ3n) is 2.32. The van der Waals surface area contributed by atoms with Gasteiger partial charge in [-0.2, -0.15) is 0 Å². The first-order valence-corrected chi connectivity index (χ1v) is 4.37. The normalized spacial score (nSPS) is 17.0. The van der Waals surface area contributed by atoms with Crippen molar-refractivity contribution in [2.45, 2.75) is 6.42 Å². The molecule has 70 valence electrons. The zero-order valence-electron chi connectivity index (χ0n) is 7.60. The van der Waals surface area contributed by atoms with E-state index in [1.807, 2.05) is 0 Å². The minimum atomic E-state index is 0.104. The monoisotopic (exact) mass is 180 g/mol. The minimum Gasteiger partial charge on any atom is -0.296 e. The lowest BCUT2D eigenvalue weighted by molar-refractivity contribution is 0.0866. The lowest BCUT2D eigenvalue weighted by Gasteiger charge is -2.29. The van der Waals surface area contributed by atoms with E-state index in [1.165, 1.54) is 17.3 Å². The van der Waals surface area contributed by atoms with E-state index in [0.29, 0.717) is 12.2 Å². The molecule has 1 fully saturated rings. The van der Waals surface area contributed by atoms with Gasteiger partial charge in [-0.05, 0) is 19.5 Å². The zero-order chi connectivity index (χ0) is 9.26. The number of rotatable bonds is 3. The van der Waals surface area contributed by atoms with Crippen molar-refractivity contribution in [3.05, 3.63) is 11.9 Å². The van der Waals surface area contributed by atoms with E-state index in [4.69, 9.17) is 0 Å². The molecule has 13 heavy (non-hydrogen) atoms. The molecule has 1 aliphatic heterocycles. The van der Waals surface area contributed by atoms with E-state index in [-0.39, 0.29) is 5.78 Å². The van der Waals surface area contributed by atoms with Crippen LogP contribution >= 0.6 is 0 Å². The molecule has 0 spiro atoms. The summed E-state index contributed by atoms with van der Waals surface area (Å²) < 4.78 is 1.52. The highest BCUT2D eigenvalue weighted by Crippen LogP contribution is 2.07. The Morgan fingerprint density at radius 2 is 2.38 bits per heavy atom. The summed E-state index contributed by atoms with van der Waals surface area (Å²) in [6.07, 6.45) is 2.72. The van der Waals surface area contributed by atoms with Crippen LogP contribution in [0.15, 0.2) is 6.20 Å². The summed E-state index contributed by atoms with van der Waals surface area (Å²) in [5, 5.41) is 7.38. The van der Waals surface area contributed by atoms with Crippen LogP contribution in [0.25, 0.3) is 0 Å². The first kappa shape index (κ1) is 8.37. The van der Waals surface area contributed by atoms with Crippen LogP contribution in [0.2, 0.25) is 0 Å². The van der Waals surface area contributed by atoms with Crippen molar-refractivity contribution in [3.8, 4) is 0 Å². The first-order valence-electron chi connectivity index (χ1n) is 4.37. The highest BCUT2D eigenvalue weighted by molar-refractivity contribution is 5.95. The fraction of sp³-hybridized carbons (Fsp3) is 0.625. The Kier molecular flexibility index (Phi) is 2.10. The highest BCUT2D eigenvalue weighted by atomic mass is 16.1. The van der Waals surface area contributed by atoms with Crippen molar-refractivity contribution >= 4 is 5.78 Å². The number of carbonyl (C=O) groups excluding carboxylic acids is 1. The molecule has 0 amide bonds. The van der Waals surface area contributed by atoms with Crippen molar-refractivity contribution in [1.82, 2.24) is 19.9 Å². The molecular weight excluding hydrogens is 168 g/mol. The standard InChI is InChI=1S/C8H12N4O/c1-11-7(5-9-10-11)8(13)6-12-3-2-4-12/h5H,2-4,6H2,1H3. The van der Waals surface area contributed by atoms with E-state index >= 15 is 0 Å². The van der Waals surface area contributed by atoms with Crippen LogP contribution in [0.5, 0.6) is 0 Å². The molecule has 1 aromatic heterocycles. The lowest BCUT2D eigenvalue weighted by Crippen LogP contribution is -2.41. The van der Waals surface area contributed by atoms with Gasteiger partial charge < -0.3 is 0 Å². The maximum absolute atomic E-state index is 11.6. The van der Waals surface area contributed by atoms with Crippen LogP contribution < -0.4 is 0 Å². The molecule has 0 unspecified atom stereocenters. The molecule has 1 aromatic rings. The minimum absolute atomic E-state index is 0.104. The van der Waals surface area contributed by atoms with Crippen molar-refractivity contribution in [2.24, 2.45) is 7.05 Å². The quantitative estimate of drug-likeness (QED) is 0.599. The number of likely N-dealkylation sites (tertiary alicyclic amines) is 1. The molecule has 0 atom stereocenters. The Bertz CT molecular complexity index is 316. The van der Waals surface area contributed by atoms with E-state index in [0.717, 1.165) is 13.1 Å². The van der Waals surface area contributed by atoms with Crippen LogP contribution in [-0.2, 0) is 7.05 Å². The summed E-state index contributed by atoms with van der Waals surface area (Å²) in [4.78, 5) is 13.7. The lowest BCUT2D eigenvalue weighted by atomic mass is 10.2. The Labute approximate surface area is 76.3 Å².